The summed E-state index contributed by atoms with van der Waals surface area (Å²) in [7, 11) is 0. The van der Waals surface area contributed by atoms with Gasteiger partial charge in [-0.05, 0) is 19.3 Å². The minimum atomic E-state index is -8.59. The summed E-state index contributed by atoms with van der Waals surface area (Å²) in [5.74, 6) is -55.9. The van der Waals surface area contributed by atoms with Crippen LogP contribution in [0.2, 0.25) is 0 Å². The Balaban J connectivity index is 6.35. The molecule has 0 aliphatic rings. The Morgan fingerprint density at radius 2 is 0.634 bits per heavy atom. The monoisotopic (exact) mass is 646 g/mol. The van der Waals surface area contributed by atoms with Gasteiger partial charge in [-0.25, -0.2) is 0 Å². The first-order valence-electron chi connectivity index (χ1n) is 12.7. The summed E-state index contributed by atoms with van der Waals surface area (Å²) < 4.78 is 229. The molecule has 0 fully saturated rings. The first kappa shape index (κ1) is 39.8. The highest BCUT2D eigenvalue weighted by atomic mass is 19.4. The summed E-state index contributed by atoms with van der Waals surface area (Å²) in [5.41, 5.74) is 0. The fourth-order valence-electron chi connectivity index (χ4n) is 4.14. The zero-order valence-electron chi connectivity index (χ0n) is 22.4. The molecule has 0 aliphatic heterocycles. The molecule has 0 amide bonds. The third-order valence-electron chi connectivity index (χ3n) is 6.87. The third kappa shape index (κ3) is 7.29. The van der Waals surface area contributed by atoms with Crippen molar-refractivity contribution in [3.05, 3.63) is 0 Å². The summed E-state index contributed by atoms with van der Waals surface area (Å²) in [6.45, 7) is 5.95. The van der Waals surface area contributed by atoms with Gasteiger partial charge in [-0.1, -0.05) is 40.0 Å². The average Bonchev–Trinajstić information content (AvgIpc) is 2.83. The Morgan fingerprint density at radius 1 is 0.366 bits per heavy atom. The molecular formula is C23H33F17N+. The number of rotatable bonds is 19. The number of alkyl halides is 17. The average molecular weight is 646 g/mol. The van der Waals surface area contributed by atoms with Crippen molar-refractivity contribution in [3.63, 3.8) is 0 Å². The number of halogens is 17. The van der Waals surface area contributed by atoms with Gasteiger partial charge in [-0.2, -0.15) is 74.6 Å². The highest BCUT2D eigenvalue weighted by molar-refractivity contribution is 5.15. The molecule has 41 heavy (non-hydrogen) atoms. The van der Waals surface area contributed by atoms with Gasteiger partial charge in [0.25, 0.3) is 0 Å². The van der Waals surface area contributed by atoms with Crippen LogP contribution in [0.3, 0.4) is 0 Å². The maximum Gasteiger partial charge on any atom is 0.460 e. The lowest BCUT2D eigenvalue weighted by molar-refractivity contribution is -0.929. The molecule has 0 saturated heterocycles. The fourth-order valence-corrected chi connectivity index (χ4v) is 4.14. The van der Waals surface area contributed by atoms with E-state index in [1.54, 1.807) is 20.8 Å². The van der Waals surface area contributed by atoms with Crippen LogP contribution in [-0.4, -0.2) is 78.3 Å². The molecule has 0 heterocycles. The smallest absolute Gasteiger partial charge is 0.324 e. The fraction of sp³-hybridized carbons (Fsp3) is 1.00. The van der Waals surface area contributed by atoms with Gasteiger partial charge in [0.1, 0.15) is 0 Å². The van der Waals surface area contributed by atoms with Crippen LogP contribution < -0.4 is 0 Å². The predicted octanol–water partition coefficient (Wildman–Crippen LogP) is 9.99. The molecule has 0 aromatic heterocycles. The molecule has 1 nitrogen and oxygen atoms in total. The third-order valence-corrected chi connectivity index (χ3v) is 6.87. The Hall–Kier alpha value is -1.23. The number of nitrogens with zero attached hydrogens (tertiary/aromatic N) is 1. The normalized spacial score (nSPS) is 15.5. The van der Waals surface area contributed by atoms with Crippen molar-refractivity contribution in [2.24, 2.45) is 0 Å². The van der Waals surface area contributed by atoms with E-state index in [2.05, 4.69) is 0 Å². The van der Waals surface area contributed by atoms with Crippen molar-refractivity contribution in [2.75, 3.05) is 26.2 Å². The Labute approximate surface area is 226 Å². The highest BCUT2D eigenvalue weighted by Crippen LogP contribution is 2.64. The predicted molar refractivity (Wildman–Crippen MR) is 114 cm³/mol. The summed E-state index contributed by atoms with van der Waals surface area (Å²) in [6.07, 6.45) is -7.77. The van der Waals surface area contributed by atoms with Gasteiger partial charge in [0.15, 0.2) is 0 Å². The van der Waals surface area contributed by atoms with Gasteiger partial charge >= 0.3 is 47.6 Å². The molecule has 0 bridgehead atoms. The van der Waals surface area contributed by atoms with E-state index in [4.69, 9.17) is 0 Å². The Bertz CT molecular complexity index is 783. The molecule has 0 saturated carbocycles. The van der Waals surface area contributed by atoms with Crippen molar-refractivity contribution >= 4 is 0 Å². The summed E-state index contributed by atoms with van der Waals surface area (Å²) in [5, 5.41) is 0. The summed E-state index contributed by atoms with van der Waals surface area (Å²) in [6, 6.07) is 0. The standard InChI is InChI=1S/C23H33F17N/c1-4-7-12-41(13-8-5-2,14-9-6-3)15-10-11-16(24,25)17(26,27)18(28,29)19(30,31)20(32,33)21(34,35)22(36,37)23(38,39)40/h4-15H2,1-3H3/q+1. The molecule has 18 heteroatoms. The first-order valence-corrected chi connectivity index (χ1v) is 12.7. The van der Waals surface area contributed by atoms with Crippen molar-refractivity contribution in [1.29, 1.82) is 0 Å². The van der Waals surface area contributed by atoms with Crippen LogP contribution in [0, 0.1) is 0 Å². The molecule has 0 aromatic carbocycles. The van der Waals surface area contributed by atoms with E-state index in [1.165, 1.54) is 0 Å². The second-order valence-electron chi connectivity index (χ2n) is 10.0. The maximum absolute atomic E-state index is 14.3. The summed E-state index contributed by atoms with van der Waals surface area (Å²) in [4.78, 5) is 0. The van der Waals surface area contributed by atoms with Crippen LogP contribution in [0.1, 0.15) is 72.1 Å². The molecule has 0 aliphatic carbocycles. The number of quaternary nitrogens is 1. The van der Waals surface area contributed by atoms with Gasteiger partial charge in [0.2, 0.25) is 0 Å². The van der Waals surface area contributed by atoms with Crippen molar-refractivity contribution < 1.29 is 79.1 Å². The molecule has 0 atom stereocenters. The van der Waals surface area contributed by atoms with Crippen LogP contribution in [0.15, 0.2) is 0 Å². The van der Waals surface area contributed by atoms with E-state index in [0.717, 1.165) is 0 Å². The van der Waals surface area contributed by atoms with E-state index in [1.807, 2.05) is 0 Å². The zero-order chi connectivity index (χ0) is 33.0. The SMILES string of the molecule is CCCC[N+](CCCC)(CCCC)CCCC(F)(F)C(F)(F)C(F)(F)C(F)(F)C(F)(F)C(F)(F)C(F)(F)C(F)(F)F. The lowest BCUT2D eigenvalue weighted by atomic mass is 9.88. The quantitative estimate of drug-likeness (QED) is 0.0969. The highest BCUT2D eigenvalue weighted by Gasteiger charge is 2.95. The van der Waals surface area contributed by atoms with Crippen molar-refractivity contribution in [2.45, 2.75) is 120 Å². The van der Waals surface area contributed by atoms with E-state index < -0.39 is 60.5 Å². The Morgan fingerprint density at radius 3 is 0.927 bits per heavy atom. The molecule has 0 rings (SSSR count). The molecule has 0 N–H and O–H groups in total. The van der Waals surface area contributed by atoms with Gasteiger partial charge in [-0.3, -0.25) is 0 Å². The topological polar surface area (TPSA) is 0 Å². The van der Waals surface area contributed by atoms with Gasteiger partial charge in [0, 0.05) is 12.8 Å². The molecule has 0 unspecified atom stereocenters. The molecule has 0 aromatic rings. The molecular weight excluding hydrogens is 613 g/mol. The van der Waals surface area contributed by atoms with Gasteiger partial charge < -0.3 is 4.48 Å². The van der Waals surface area contributed by atoms with Gasteiger partial charge in [-0.15, -0.1) is 0 Å². The van der Waals surface area contributed by atoms with Crippen LogP contribution >= 0.6 is 0 Å². The maximum atomic E-state index is 14.3. The van der Waals surface area contributed by atoms with Gasteiger partial charge in [0.05, 0.1) is 26.2 Å². The van der Waals surface area contributed by atoms with E-state index in [0.29, 0.717) is 58.2 Å². The van der Waals surface area contributed by atoms with E-state index in [9.17, 15) is 74.6 Å². The number of unbranched alkanes of at least 4 members (excludes halogenated alkanes) is 3. The van der Waals surface area contributed by atoms with Crippen LogP contribution in [0.4, 0.5) is 74.6 Å². The second-order valence-corrected chi connectivity index (χ2v) is 10.0. The zero-order valence-corrected chi connectivity index (χ0v) is 22.4. The van der Waals surface area contributed by atoms with Crippen LogP contribution in [-0.2, 0) is 0 Å². The molecule has 0 radical (unpaired) electrons. The van der Waals surface area contributed by atoms with Crippen molar-refractivity contribution in [3.8, 4) is 0 Å². The lowest BCUT2D eigenvalue weighted by Gasteiger charge is -2.43. The van der Waals surface area contributed by atoms with Crippen LogP contribution in [0.25, 0.3) is 0 Å². The second kappa shape index (κ2) is 13.2. The minimum Gasteiger partial charge on any atom is -0.324 e. The molecule has 248 valence electrons. The van der Waals surface area contributed by atoms with E-state index in [-0.39, 0.29) is 11.0 Å². The van der Waals surface area contributed by atoms with E-state index >= 15 is 0 Å². The Kier molecular flexibility index (Phi) is 12.8. The number of hydrogen-bond donors (Lipinski definition) is 0. The lowest BCUT2D eigenvalue weighted by Crippen LogP contribution is -2.74. The number of hydrogen-bond acceptors (Lipinski definition) is 0. The van der Waals surface area contributed by atoms with Crippen molar-refractivity contribution in [1.82, 2.24) is 0 Å². The summed E-state index contributed by atoms with van der Waals surface area (Å²) >= 11 is 0. The molecule has 0 spiro atoms. The first-order chi connectivity index (χ1) is 18.1. The van der Waals surface area contributed by atoms with Crippen LogP contribution in [0.5, 0.6) is 0 Å². The largest absolute Gasteiger partial charge is 0.460 e. The minimum absolute atomic E-state index is 0.0422.